The molecule has 1 N–H and O–H groups in total. The molecule has 2 atom stereocenters. The molecule has 3 aromatic carbocycles. The SMILES string of the molecule is O=P(C[C@]1(O)CCCC[C@@H]1Sc1ccccc1)(c1ccccc1)c1ccccc1. The van der Waals surface area contributed by atoms with E-state index in [1.54, 1.807) is 11.8 Å². The van der Waals surface area contributed by atoms with Crippen LogP contribution in [-0.4, -0.2) is 22.1 Å². The highest BCUT2D eigenvalue weighted by Gasteiger charge is 2.45. The highest BCUT2D eigenvalue weighted by molar-refractivity contribution is 8.00. The molecule has 1 fully saturated rings. The molecule has 0 amide bonds. The van der Waals surface area contributed by atoms with Crippen LogP contribution >= 0.6 is 18.9 Å². The molecule has 0 unspecified atom stereocenters. The second-order valence-electron chi connectivity index (χ2n) is 7.84. The van der Waals surface area contributed by atoms with E-state index in [1.165, 1.54) is 0 Å². The Morgan fingerprint density at radius 3 is 1.90 bits per heavy atom. The first-order valence-electron chi connectivity index (χ1n) is 10.2. The number of rotatable bonds is 6. The van der Waals surface area contributed by atoms with Crippen molar-refractivity contribution < 1.29 is 9.67 Å². The van der Waals surface area contributed by atoms with Crippen molar-refractivity contribution >= 4 is 29.5 Å². The normalized spacial score (nSPS) is 22.3. The number of aliphatic hydroxyl groups is 1. The van der Waals surface area contributed by atoms with Crippen molar-refractivity contribution in [3.8, 4) is 0 Å². The summed E-state index contributed by atoms with van der Waals surface area (Å²) in [6.45, 7) is 0. The molecule has 0 radical (unpaired) electrons. The summed E-state index contributed by atoms with van der Waals surface area (Å²) in [6.07, 6.45) is 4.01. The van der Waals surface area contributed by atoms with Crippen LogP contribution in [0.25, 0.3) is 0 Å². The maximum atomic E-state index is 14.5. The van der Waals surface area contributed by atoms with Gasteiger partial charge in [-0.15, -0.1) is 11.8 Å². The molecule has 150 valence electrons. The second kappa shape index (κ2) is 8.92. The Balaban J connectivity index is 1.71. The summed E-state index contributed by atoms with van der Waals surface area (Å²) in [4.78, 5) is 1.16. The van der Waals surface area contributed by atoms with Gasteiger partial charge >= 0.3 is 0 Å². The van der Waals surface area contributed by atoms with Crippen molar-refractivity contribution in [1.29, 1.82) is 0 Å². The molecule has 29 heavy (non-hydrogen) atoms. The number of benzene rings is 3. The topological polar surface area (TPSA) is 37.3 Å². The minimum absolute atomic E-state index is 0.0411. The fraction of sp³-hybridized carbons (Fsp3) is 0.280. The summed E-state index contributed by atoms with van der Waals surface area (Å²) >= 11 is 1.73. The molecule has 3 aromatic rings. The summed E-state index contributed by atoms with van der Waals surface area (Å²) in [5.74, 6) is 0. The molecule has 4 heteroatoms. The Morgan fingerprint density at radius 2 is 1.34 bits per heavy atom. The smallest absolute Gasteiger partial charge is 0.146 e. The first kappa shape index (κ1) is 20.5. The van der Waals surface area contributed by atoms with Gasteiger partial charge in [-0.05, 0) is 25.0 Å². The minimum Gasteiger partial charge on any atom is -0.388 e. The van der Waals surface area contributed by atoms with Gasteiger partial charge < -0.3 is 9.67 Å². The van der Waals surface area contributed by atoms with Crippen molar-refractivity contribution in [2.75, 3.05) is 6.16 Å². The van der Waals surface area contributed by atoms with Gasteiger partial charge in [0.05, 0.1) is 5.60 Å². The first-order valence-corrected chi connectivity index (χ1v) is 13.0. The van der Waals surface area contributed by atoms with Crippen molar-refractivity contribution in [1.82, 2.24) is 0 Å². The summed E-state index contributed by atoms with van der Waals surface area (Å²) in [5, 5.41) is 13.6. The zero-order valence-electron chi connectivity index (χ0n) is 16.5. The van der Waals surface area contributed by atoms with Gasteiger partial charge in [0.15, 0.2) is 0 Å². The molecule has 0 bridgehead atoms. The number of thioether (sulfide) groups is 1. The molecular formula is C25H27O2PS. The standard InChI is InChI=1S/C25H27O2PS/c26-25(19-11-10-18-24(25)29-23-16-8-3-9-17-23)20-28(27,21-12-4-1-5-13-21)22-14-6-2-7-15-22/h1-9,12-17,24,26H,10-11,18-20H2/t24-,25+/m0/s1. The lowest BCUT2D eigenvalue weighted by atomic mass is 9.86. The molecule has 1 saturated carbocycles. The molecule has 0 heterocycles. The average molecular weight is 423 g/mol. The van der Waals surface area contributed by atoms with E-state index in [0.29, 0.717) is 12.6 Å². The molecule has 0 saturated heterocycles. The third-order valence-electron chi connectivity index (χ3n) is 5.79. The quantitative estimate of drug-likeness (QED) is 0.536. The van der Waals surface area contributed by atoms with E-state index >= 15 is 0 Å². The average Bonchev–Trinajstić information content (AvgIpc) is 2.77. The van der Waals surface area contributed by atoms with Crippen LogP contribution in [-0.2, 0) is 4.57 Å². The van der Waals surface area contributed by atoms with E-state index in [1.807, 2.05) is 78.9 Å². The van der Waals surface area contributed by atoms with Gasteiger partial charge in [0.1, 0.15) is 7.14 Å². The van der Waals surface area contributed by atoms with Crippen LogP contribution < -0.4 is 10.6 Å². The van der Waals surface area contributed by atoms with Crippen LogP contribution in [0.3, 0.4) is 0 Å². The highest BCUT2D eigenvalue weighted by Crippen LogP contribution is 2.51. The van der Waals surface area contributed by atoms with E-state index in [-0.39, 0.29) is 5.25 Å². The second-order valence-corrected chi connectivity index (χ2v) is 11.9. The van der Waals surface area contributed by atoms with Gasteiger partial charge in [-0.2, -0.15) is 0 Å². The lowest BCUT2D eigenvalue weighted by molar-refractivity contribution is 0.0323. The zero-order chi connectivity index (χ0) is 20.2. The Kier molecular flexibility index (Phi) is 6.29. The Hall–Kier alpha value is -1.80. The molecule has 0 aliphatic heterocycles. The van der Waals surface area contributed by atoms with Crippen LogP contribution in [0.15, 0.2) is 95.9 Å². The molecular weight excluding hydrogens is 395 g/mol. The van der Waals surface area contributed by atoms with Crippen LogP contribution in [0.5, 0.6) is 0 Å². The lowest BCUT2D eigenvalue weighted by Crippen LogP contribution is -2.47. The zero-order valence-corrected chi connectivity index (χ0v) is 18.2. The fourth-order valence-electron chi connectivity index (χ4n) is 4.26. The Morgan fingerprint density at radius 1 is 0.828 bits per heavy atom. The van der Waals surface area contributed by atoms with E-state index < -0.39 is 12.7 Å². The third-order valence-corrected chi connectivity index (χ3v) is 10.6. The predicted molar refractivity (Wildman–Crippen MR) is 124 cm³/mol. The maximum absolute atomic E-state index is 14.5. The van der Waals surface area contributed by atoms with Crippen LogP contribution in [0.1, 0.15) is 25.7 Å². The molecule has 2 nitrogen and oxygen atoms in total. The van der Waals surface area contributed by atoms with Gasteiger partial charge in [0, 0.05) is 26.9 Å². The molecule has 0 spiro atoms. The summed E-state index contributed by atoms with van der Waals surface area (Å²) in [5.41, 5.74) is -0.958. The summed E-state index contributed by atoms with van der Waals surface area (Å²) in [7, 11) is -2.96. The van der Waals surface area contributed by atoms with E-state index in [2.05, 4.69) is 12.1 Å². The Bertz CT molecular complexity index is 918. The molecule has 0 aromatic heterocycles. The van der Waals surface area contributed by atoms with Crippen molar-refractivity contribution in [2.45, 2.75) is 41.4 Å². The lowest BCUT2D eigenvalue weighted by Gasteiger charge is -2.41. The fourth-order valence-corrected chi connectivity index (χ4v) is 8.85. The molecule has 4 rings (SSSR count). The van der Waals surface area contributed by atoms with Gasteiger partial charge in [0.25, 0.3) is 0 Å². The number of hydrogen-bond donors (Lipinski definition) is 1. The molecule has 1 aliphatic carbocycles. The first-order chi connectivity index (χ1) is 14.1. The van der Waals surface area contributed by atoms with Crippen molar-refractivity contribution in [2.24, 2.45) is 0 Å². The third kappa shape index (κ3) is 4.53. The largest absolute Gasteiger partial charge is 0.388 e. The van der Waals surface area contributed by atoms with E-state index in [0.717, 1.165) is 34.8 Å². The van der Waals surface area contributed by atoms with E-state index in [9.17, 15) is 9.67 Å². The minimum atomic E-state index is -2.96. The monoisotopic (exact) mass is 422 g/mol. The summed E-state index contributed by atoms with van der Waals surface area (Å²) in [6, 6.07) is 29.7. The van der Waals surface area contributed by atoms with Gasteiger partial charge in [-0.3, -0.25) is 0 Å². The van der Waals surface area contributed by atoms with Crippen molar-refractivity contribution in [3.05, 3.63) is 91.0 Å². The van der Waals surface area contributed by atoms with Crippen LogP contribution in [0, 0.1) is 0 Å². The maximum Gasteiger partial charge on any atom is 0.146 e. The Labute approximate surface area is 177 Å². The van der Waals surface area contributed by atoms with Gasteiger partial charge in [-0.25, -0.2) is 0 Å². The van der Waals surface area contributed by atoms with Crippen LogP contribution in [0.2, 0.25) is 0 Å². The summed E-state index contributed by atoms with van der Waals surface area (Å²) < 4.78 is 14.5. The van der Waals surface area contributed by atoms with Gasteiger partial charge in [0.2, 0.25) is 0 Å². The molecule has 1 aliphatic rings. The van der Waals surface area contributed by atoms with Crippen molar-refractivity contribution in [3.63, 3.8) is 0 Å². The van der Waals surface area contributed by atoms with E-state index in [4.69, 9.17) is 0 Å². The number of hydrogen-bond acceptors (Lipinski definition) is 3. The van der Waals surface area contributed by atoms with Gasteiger partial charge in [-0.1, -0.05) is 91.7 Å². The highest BCUT2D eigenvalue weighted by atomic mass is 32.2. The van der Waals surface area contributed by atoms with Crippen LogP contribution in [0.4, 0.5) is 0 Å². The predicted octanol–water partition coefficient (Wildman–Crippen LogP) is 5.47.